The van der Waals surface area contributed by atoms with Crippen LogP contribution in [0.4, 0.5) is 0 Å². The maximum Gasteiger partial charge on any atom is 0.308 e. The van der Waals surface area contributed by atoms with E-state index in [0.717, 1.165) is 21.7 Å². The predicted molar refractivity (Wildman–Crippen MR) is 91.8 cm³/mol. The minimum absolute atomic E-state index is 0.0830. The number of amides is 1. The first kappa shape index (κ1) is 16.1. The molecule has 1 heterocycles. The smallest absolute Gasteiger partial charge is 0.308 e. The second kappa shape index (κ2) is 6.35. The highest BCUT2D eigenvalue weighted by Gasteiger charge is 2.21. The highest BCUT2D eigenvalue weighted by Crippen LogP contribution is 2.28. The molecule has 0 radical (unpaired) electrons. The first-order valence-electron chi connectivity index (χ1n) is 7.88. The van der Waals surface area contributed by atoms with Crippen molar-refractivity contribution in [3.05, 3.63) is 48.2 Å². The molecule has 2 atom stereocenters. The number of hydrogen-bond donors (Lipinski definition) is 2. The molecule has 0 bridgehead atoms. The van der Waals surface area contributed by atoms with Crippen molar-refractivity contribution in [1.29, 1.82) is 0 Å². The number of carboxylic acid groups (broad SMARTS) is 1. The van der Waals surface area contributed by atoms with Crippen LogP contribution < -0.4 is 5.32 Å². The number of rotatable bonds is 5. The fraction of sp³-hybridized carbons (Fsp3) is 0.263. The number of fused-ring (bicyclic) bond motifs is 3. The van der Waals surface area contributed by atoms with Crippen molar-refractivity contribution in [3.63, 3.8) is 0 Å². The fourth-order valence-corrected chi connectivity index (χ4v) is 2.73. The number of hydrogen-bond acceptors (Lipinski definition) is 3. The van der Waals surface area contributed by atoms with Crippen molar-refractivity contribution in [1.82, 2.24) is 5.32 Å². The van der Waals surface area contributed by atoms with E-state index in [1.165, 1.54) is 0 Å². The third-order valence-electron chi connectivity index (χ3n) is 4.34. The Kier molecular flexibility index (Phi) is 4.25. The molecule has 0 fully saturated rings. The van der Waals surface area contributed by atoms with E-state index in [0.29, 0.717) is 5.76 Å². The number of benzene rings is 2. The summed E-state index contributed by atoms with van der Waals surface area (Å²) < 4.78 is 5.76. The van der Waals surface area contributed by atoms with Crippen LogP contribution in [0.1, 0.15) is 19.6 Å². The zero-order valence-corrected chi connectivity index (χ0v) is 13.6. The van der Waals surface area contributed by atoms with Gasteiger partial charge in [0.15, 0.2) is 0 Å². The lowest BCUT2D eigenvalue weighted by Gasteiger charge is -2.17. The zero-order valence-electron chi connectivity index (χ0n) is 13.6. The summed E-state index contributed by atoms with van der Waals surface area (Å²) in [6.45, 7) is 3.25. The van der Waals surface area contributed by atoms with Crippen molar-refractivity contribution in [2.75, 3.05) is 0 Å². The Hall–Kier alpha value is -2.82. The zero-order chi connectivity index (χ0) is 17.3. The van der Waals surface area contributed by atoms with Crippen LogP contribution in [-0.4, -0.2) is 23.0 Å². The second-order valence-electron chi connectivity index (χ2n) is 6.07. The molecule has 3 aromatic rings. The van der Waals surface area contributed by atoms with Gasteiger partial charge in [0, 0.05) is 11.4 Å². The minimum atomic E-state index is -0.932. The van der Waals surface area contributed by atoms with Crippen molar-refractivity contribution >= 4 is 33.6 Å². The molecule has 5 nitrogen and oxygen atoms in total. The Morgan fingerprint density at radius 1 is 1.12 bits per heavy atom. The van der Waals surface area contributed by atoms with E-state index in [9.17, 15) is 9.59 Å². The Balaban J connectivity index is 1.79. The van der Waals surface area contributed by atoms with Crippen molar-refractivity contribution in [2.45, 2.75) is 26.3 Å². The number of carbonyl (C=O) groups excluding carboxylic acids is 1. The number of carbonyl (C=O) groups is 2. The molecule has 2 aromatic carbocycles. The molecule has 0 saturated heterocycles. The molecule has 1 aromatic heterocycles. The van der Waals surface area contributed by atoms with Gasteiger partial charge in [0.1, 0.15) is 11.3 Å². The van der Waals surface area contributed by atoms with Crippen molar-refractivity contribution < 1.29 is 19.1 Å². The van der Waals surface area contributed by atoms with Gasteiger partial charge >= 0.3 is 5.97 Å². The molecule has 2 unspecified atom stereocenters. The van der Waals surface area contributed by atoms with E-state index in [-0.39, 0.29) is 12.3 Å². The van der Waals surface area contributed by atoms with Gasteiger partial charge in [-0.15, -0.1) is 0 Å². The van der Waals surface area contributed by atoms with Gasteiger partial charge in [0.2, 0.25) is 5.91 Å². The Morgan fingerprint density at radius 2 is 1.88 bits per heavy atom. The van der Waals surface area contributed by atoms with Gasteiger partial charge in [-0.25, -0.2) is 0 Å². The summed E-state index contributed by atoms with van der Waals surface area (Å²) in [5, 5.41) is 14.9. The standard InChI is InChI=1S/C19H19NO4/c1-11(19(22)23)12(2)20-18(21)10-14-9-16-15-6-4-3-5-13(15)7-8-17(16)24-14/h3-9,11-12H,10H2,1-2H3,(H,20,21)(H,22,23). The van der Waals surface area contributed by atoms with Gasteiger partial charge in [0.25, 0.3) is 0 Å². The number of furan rings is 1. The summed E-state index contributed by atoms with van der Waals surface area (Å²) in [4.78, 5) is 23.1. The topological polar surface area (TPSA) is 79.5 Å². The Bertz CT molecular complexity index is 912. The highest BCUT2D eigenvalue weighted by atomic mass is 16.4. The third kappa shape index (κ3) is 3.11. The van der Waals surface area contributed by atoms with Gasteiger partial charge < -0.3 is 14.8 Å². The molecule has 0 aliphatic rings. The van der Waals surface area contributed by atoms with Crippen LogP contribution in [0.5, 0.6) is 0 Å². The first-order chi connectivity index (χ1) is 11.5. The van der Waals surface area contributed by atoms with Crippen LogP contribution in [0.25, 0.3) is 21.7 Å². The molecule has 0 saturated carbocycles. The number of aliphatic carboxylic acids is 1. The lowest BCUT2D eigenvalue weighted by molar-refractivity contribution is -0.142. The van der Waals surface area contributed by atoms with E-state index >= 15 is 0 Å². The summed E-state index contributed by atoms with van der Waals surface area (Å²) in [7, 11) is 0. The second-order valence-corrected chi connectivity index (χ2v) is 6.07. The summed E-state index contributed by atoms with van der Waals surface area (Å²) in [5.41, 5.74) is 0.739. The SMILES string of the molecule is CC(NC(=O)Cc1cc2c(ccc3ccccc32)o1)C(C)C(=O)O. The fourth-order valence-electron chi connectivity index (χ4n) is 2.73. The monoisotopic (exact) mass is 325 g/mol. The average molecular weight is 325 g/mol. The van der Waals surface area contributed by atoms with Gasteiger partial charge in [-0.05, 0) is 36.8 Å². The molecule has 0 spiro atoms. The molecule has 5 heteroatoms. The Morgan fingerprint density at radius 3 is 2.62 bits per heavy atom. The largest absolute Gasteiger partial charge is 0.481 e. The van der Waals surface area contributed by atoms with Crippen LogP contribution >= 0.6 is 0 Å². The Labute approximate surface area is 139 Å². The van der Waals surface area contributed by atoms with Gasteiger partial charge in [-0.2, -0.15) is 0 Å². The maximum absolute atomic E-state index is 12.1. The highest BCUT2D eigenvalue weighted by molar-refractivity contribution is 6.06. The van der Waals surface area contributed by atoms with Gasteiger partial charge in [0.05, 0.1) is 12.3 Å². The molecule has 124 valence electrons. The van der Waals surface area contributed by atoms with E-state index < -0.39 is 17.9 Å². The molecular formula is C19H19NO4. The average Bonchev–Trinajstić information content (AvgIpc) is 2.96. The summed E-state index contributed by atoms with van der Waals surface area (Å²) in [6, 6.07) is 13.3. The molecule has 0 aliphatic carbocycles. The minimum Gasteiger partial charge on any atom is -0.481 e. The summed E-state index contributed by atoms with van der Waals surface area (Å²) >= 11 is 0. The van der Waals surface area contributed by atoms with Crippen molar-refractivity contribution in [3.8, 4) is 0 Å². The van der Waals surface area contributed by atoms with Crippen molar-refractivity contribution in [2.24, 2.45) is 5.92 Å². The van der Waals surface area contributed by atoms with E-state index in [4.69, 9.17) is 9.52 Å². The lowest BCUT2D eigenvalue weighted by atomic mass is 10.0. The van der Waals surface area contributed by atoms with Gasteiger partial charge in [-0.3, -0.25) is 9.59 Å². The number of nitrogens with one attached hydrogen (secondary N) is 1. The van der Waals surface area contributed by atoms with Crippen LogP contribution in [0.2, 0.25) is 0 Å². The van der Waals surface area contributed by atoms with Crippen LogP contribution in [0.15, 0.2) is 46.9 Å². The molecular weight excluding hydrogens is 306 g/mol. The van der Waals surface area contributed by atoms with Crippen LogP contribution in [0, 0.1) is 5.92 Å². The maximum atomic E-state index is 12.1. The van der Waals surface area contributed by atoms with E-state index in [1.54, 1.807) is 13.8 Å². The van der Waals surface area contributed by atoms with Crippen LogP contribution in [-0.2, 0) is 16.0 Å². The molecule has 24 heavy (non-hydrogen) atoms. The molecule has 2 N–H and O–H groups in total. The molecule has 1 amide bonds. The molecule has 0 aliphatic heterocycles. The quantitative estimate of drug-likeness (QED) is 0.754. The van der Waals surface area contributed by atoms with Gasteiger partial charge in [-0.1, -0.05) is 30.3 Å². The van der Waals surface area contributed by atoms with Crippen LogP contribution in [0.3, 0.4) is 0 Å². The summed E-state index contributed by atoms with van der Waals surface area (Å²) in [6.07, 6.45) is 0.0830. The normalized spacial score (nSPS) is 13.8. The van der Waals surface area contributed by atoms with E-state index in [1.807, 2.05) is 42.5 Å². The molecule has 3 rings (SSSR count). The lowest BCUT2D eigenvalue weighted by Crippen LogP contribution is -2.40. The number of carboxylic acids is 1. The predicted octanol–water partition coefficient (Wildman–Crippen LogP) is 3.35. The third-order valence-corrected chi connectivity index (χ3v) is 4.34. The van der Waals surface area contributed by atoms with E-state index in [2.05, 4.69) is 5.32 Å². The summed E-state index contributed by atoms with van der Waals surface area (Å²) in [5.74, 6) is -1.26. The first-order valence-corrected chi connectivity index (χ1v) is 7.88.